The van der Waals surface area contributed by atoms with Crippen LogP contribution in [-0.2, 0) is 10.2 Å². The molecule has 0 saturated heterocycles. The summed E-state index contributed by atoms with van der Waals surface area (Å²) < 4.78 is 0. The fraction of sp³-hybridized carbons (Fsp3) is 0.188. The van der Waals surface area contributed by atoms with E-state index in [1.807, 2.05) is 47.2 Å². The van der Waals surface area contributed by atoms with E-state index in [1.165, 1.54) is 11.3 Å². The summed E-state index contributed by atoms with van der Waals surface area (Å²) in [7, 11) is 0. The molecule has 1 amide bonds. The van der Waals surface area contributed by atoms with Crippen LogP contribution in [0, 0.1) is 0 Å². The number of anilines is 1. The largest absolute Gasteiger partial charge is 0.300 e. The van der Waals surface area contributed by atoms with Crippen LogP contribution in [0.4, 0.5) is 5.13 Å². The Labute approximate surface area is 135 Å². The molecule has 1 fully saturated rings. The number of nitrogens with one attached hydrogen (secondary N) is 1. The molecule has 1 saturated carbocycles. The number of thiophene rings is 1. The third-order valence-electron chi connectivity index (χ3n) is 3.92. The molecule has 0 atom stereocenters. The van der Waals surface area contributed by atoms with Gasteiger partial charge in [0.2, 0.25) is 11.0 Å². The molecule has 0 unspecified atom stereocenters. The van der Waals surface area contributed by atoms with Crippen LogP contribution in [0.3, 0.4) is 0 Å². The summed E-state index contributed by atoms with van der Waals surface area (Å²) in [6, 6.07) is 12.0. The molecule has 0 bridgehead atoms. The minimum atomic E-state index is -0.379. The Morgan fingerprint density at radius 3 is 2.64 bits per heavy atom. The van der Waals surface area contributed by atoms with E-state index in [4.69, 9.17) is 0 Å². The molecule has 1 aliphatic carbocycles. The number of benzene rings is 1. The highest BCUT2D eigenvalue weighted by Crippen LogP contribution is 2.49. The van der Waals surface area contributed by atoms with Gasteiger partial charge in [0.05, 0.1) is 5.41 Å². The maximum absolute atomic E-state index is 12.6. The maximum Gasteiger partial charge on any atom is 0.236 e. The van der Waals surface area contributed by atoms with E-state index in [1.54, 1.807) is 11.3 Å². The van der Waals surface area contributed by atoms with Gasteiger partial charge < -0.3 is 0 Å². The van der Waals surface area contributed by atoms with E-state index < -0.39 is 0 Å². The second-order valence-electron chi connectivity index (χ2n) is 5.33. The highest BCUT2D eigenvalue weighted by Gasteiger charge is 2.51. The van der Waals surface area contributed by atoms with Crippen molar-refractivity contribution in [3.63, 3.8) is 0 Å². The van der Waals surface area contributed by atoms with Gasteiger partial charge in [-0.3, -0.25) is 10.1 Å². The molecule has 1 aromatic carbocycles. The summed E-state index contributed by atoms with van der Waals surface area (Å²) in [5, 5.41) is 16.6. The lowest BCUT2D eigenvalue weighted by Gasteiger charge is -2.13. The molecule has 0 radical (unpaired) electrons. The van der Waals surface area contributed by atoms with Crippen molar-refractivity contribution in [2.75, 3.05) is 5.32 Å². The Bertz CT molecular complexity index is 792. The van der Waals surface area contributed by atoms with Gasteiger partial charge in [0, 0.05) is 10.9 Å². The molecule has 110 valence electrons. The van der Waals surface area contributed by atoms with Gasteiger partial charge in [0.15, 0.2) is 0 Å². The van der Waals surface area contributed by atoms with Crippen molar-refractivity contribution in [3.05, 3.63) is 52.7 Å². The first-order chi connectivity index (χ1) is 10.8. The fourth-order valence-electron chi connectivity index (χ4n) is 2.52. The van der Waals surface area contributed by atoms with E-state index in [9.17, 15) is 4.79 Å². The topological polar surface area (TPSA) is 54.9 Å². The van der Waals surface area contributed by atoms with Crippen LogP contribution in [0.2, 0.25) is 0 Å². The Morgan fingerprint density at radius 1 is 1.14 bits per heavy atom. The van der Waals surface area contributed by atoms with Gasteiger partial charge in [-0.25, -0.2) is 0 Å². The second kappa shape index (κ2) is 5.30. The molecule has 1 aliphatic rings. The van der Waals surface area contributed by atoms with Gasteiger partial charge in [-0.1, -0.05) is 41.7 Å². The highest BCUT2D eigenvalue weighted by atomic mass is 32.1. The van der Waals surface area contributed by atoms with Gasteiger partial charge in [-0.2, -0.15) is 11.3 Å². The smallest absolute Gasteiger partial charge is 0.236 e. The molecule has 4 nitrogen and oxygen atoms in total. The molecule has 0 spiro atoms. The minimum absolute atomic E-state index is 0.0201. The molecule has 2 aromatic heterocycles. The predicted molar refractivity (Wildman–Crippen MR) is 89.2 cm³/mol. The van der Waals surface area contributed by atoms with Crippen LogP contribution in [0.1, 0.15) is 18.4 Å². The highest BCUT2D eigenvalue weighted by molar-refractivity contribution is 7.19. The number of carbonyl (C=O) groups is 1. The van der Waals surface area contributed by atoms with Crippen LogP contribution < -0.4 is 5.32 Å². The lowest BCUT2D eigenvalue weighted by molar-refractivity contribution is -0.118. The van der Waals surface area contributed by atoms with Crippen molar-refractivity contribution in [1.82, 2.24) is 10.2 Å². The summed E-state index contributed by atoms with van der Waals surface area (Å²) >= 11 is 3.03. The van der Waals surface area contributed by atoms with Crippen LogP contribution in [0.25, 0.3) is 10.6 Å². The number of carbonyl (C=O) groups excluding carboxylic acids is 1. The number of rotatable bonds is 4. The molecule has 0 aliphatic heterocycles. The van der Waals surface area contributed by atoms with Crippen molar-refractivity contribution in [2.45, 2.75) is 18.3 Å². The van der Waals surface area contributed by atoms with Crippen molar-refractivity contribution >= 4 is 33.7 Å². The predicted octanol–water partition coefficient (Wildman–Crippen LogP) is 3.94. The minimum Gasteiger partial charge on any atom is -0.300 e. The van der Waals surface area contributed by atoms with Crippen LogP contribution in [-0.4, -0.2) is 16.1 Å². The summed E-state index contributed by atoms with van der Waals surface area (Å²) in [6.07, 6.45) is 1.78. The molecule has 22 heavy (non-hydrogen) atoms. The molecular formula is C16H13N3OS2. The normalized spacial score (nSPS) is 15.5. The van der Waals surface area contributed by atoms with E-state index in [-0.39, 0.29) is 11.3 Å². The quantitative estimate of drug-likeness (QED) is 0.790. The Balaban J connectivity index is 1.53. The summed E-state index contributed by atoms with van der Waals surface area (Å²) in [6.45, 7) is 0. The molecular weight excluding hydrogens is 314 g/mol. The van der Waals surface area contributed by atoms with E-state index in [0.717, 1.165) is 29.0 Å². The molecule has 1 N–H and O–H groups in total. The molecule has 4 rings (SSSR count). The van der Waals surface area contributed by atoms with E-state index in [2.05, 4.69) is 15.5 Å². The number of hydrogen-bond acceptors (Lipinski definition) is 5. The van der Waals surface area contributed by atoms with Gasteiger partial charge >= 0.3 is 0 Å². The first-order valence-electron chi connectivity index (χ1n) is 7.01. The molecule has 3 aromatic rings. The van der Waals surface area contributed by atoms with Crippen molar-refractivity contribution in [2.24, 2.45) is 0 Å². The first kappa shape index (κ1) is 13.6. The van der Waals surface area contributed by atoms with Crippen LogP contribution in [0.15, 0.2) is 47.2 Å². The monoisotopic (exact) mass is 327 g/mol. The zero-order chi connectivity index (χ0) is 15.0. The number of aromatic nitrogens is 2. The van der Waals surface area contributed by atoms with Crippen LogP contribution in [0.5, 0.6) is 0 Å². The van der Waals surface area contributed by atoms with Gasteiger partial charge in [0.1, 0.15) is 5.01 Å². The first-order valence-corrected chi connectivity index (χ1v) is 8.77. The number of nitrogens with zero attached hydrogens (tertiary/aromatic N) is 2. The van der Waals surface area contributed by atoms with Crippen LogP contribution >= 0.6 is 22.7 Å². The van der Waals surface area contributed by atoms with Gasteiger partial charge in [-0.05, 0) is 29.9 Å². The lowest BCUT2D eigenvalue weighted by atomic mass is 9.95. The second-order valence-corrected chi connectivity index (χ2v) is 7.08. The molecule has 2 heterocycles. The maximum atomic E-state index is 12.6. The third-order valence-corrected chi connectivity index (χ3v) is 5.50. The zero-order valence-corrected chi connectivity index (χ0v) is 13.3. The number of hydrogen-bond donors (Lipinski definition) is 1. The van der Waals surface area contributed by atoms with Crippen molar-refractivity contribution in [1.29, 1.82) is 0 Å². The summed E-state index contributed by atoms with van der Waals surface area (Å²) in [5.41, 5.74) is 1.75. The van der Waals surface area contributed by atoms with E-state index >= 15 is 0 Å². The molecule has 6 heteroatoms. The zero-order valence-electron chi connectivity index (χ0n) is 11.7. The Morgan fingerprint density at radius 2 is 1.95 bits per heavy atom. The number of amides is 1. The summed E-state index contributed by atoms with van der Waals surface area (Å²) in [4.78, 5) is 12.6. The third kappa shape index (κ3) is 2.34. The Hall–Kier alpha value is -2.05. The van der Waals surface area contributed by atoms with E-state index in [0.29, 0.717) is 5.13 Å². The van der Waals surface area contributed by atoms with Crippen molar-refractivity contribution in [3.8, 4) is 10.6 Å². The average Bonchev–Trinajstić information content (AvgIpc) is 2.97. The SMILES string of the molecule is O=C(Nc1nnc(-c2ccsc2)s1)C1(c2ccccc2)CC1. The van der Waals surface area contributed by atoms with Gasteiger partial charge in [0.25, 0.3) is 0 Å². The van der Waals surface area contributed by atoms with Crippen molar-refractivity contribution < 1.29 is 4.79 Å². The fourth-order valence-corrected chi connectivity index (χ4v) is 3.97. The van der Waals surface area contributed by atoms with Gasteiger partial charge in [-0.15, -0.1) is 10.2 Å². The Kier molecular flexibility index (Phi) is 3.28. The standard InChI is InChI=1S/C16H13N3OS2/c20-14(16(7-8-16)12-4-2-1-3-5-12)17-15-19-18-13(22-15)11-6-9-21-10-11/h1-6,9-10H,7-8H2,(H,17,19,20). The summed E-state index contributed by atoms with van der Waals surface area (Å²) in [5.74, 6) is 0.0201. The average molecular weight is 327 g/mol. The lowest BCUT2D eigenvalue weighted by Crippen LogP contribution is -2.27.